The molecular weight excluding hydrogens is 194 g/mol. The fourth-order valence-corrected chi connectivity index (χ4v) is 4.97. The van der Waals surface area contributed by atoms with Gasteiger partial charge in [-0.05, 0) is 55.8 Å². The predicted molar refractivity (Wildman–Crippen MR) is 64.6 cm³/mol. The first kappa shape index (κ1) is 10.6. The molecule has 1 heteroatoms. The monoisotopic (exact) mass is 217 g/mol. The zero-order valence-electron chi connectivity index (χ0n) is 10.2. The molecule has 88 valence electrons. The van der Waals surface area contributed by atoms with Gasteiger partial charge >= 0.3 is 0 Å². The van der Waals surface area contributed by atoms with E-state index in [1.165, 1.54) is 57.8 Å². The minimum absolute atomic E-state index is 0.404. The number of nitriles is 1. The van der Waals surface area contributed by atoms with E-state index in [4.69, 9.17) is 0 Å². The van der Waals surface area contributed by atoms with E-state index in [9.17, 15) is 5.26 Å². The van der Waals surface area contributed by atoms with Crippen molar-refractivity contribution < 1.29 is 0 Å². The molecule has 3 rings (SSSR count). The van der Waals surface area contributed by atoms with Crippen LogP contribution in [0.4, 0.5) is 0 Å². The molecule has 3 aliphatic rings. The molecule has 1 nitrogen and oxygen atoms in total. The third-order valence-electron chi connectivity index (χ3n) is 5.67. The van der Waals surface area contributed by atoms with E-state index in [-0.39, 0.29) is 0 Å². The van der Waals surface area contributed by atoms with Gasteiger partial charge < -0.3 is 0 Å². The highest BCUT2D eigenvalue weighted by Crippen LogP contribution is 2.52. The van der Waals surface area contributed by atoms with E-state index in [0.717, 1.165) is 23.7 Å². The van der Waals surface area contributed by atoms with Gasteiger partial charge in [-0.25, -0.2) is 0 Å². The quantitative estimate of drug-likeness (QED) is 0.598. The van der Waals surface area contributed by atoms with E-state index < -0.39 is 0 Å². The molecule has 3 aliphatic carbocycles. The highest BCUT2D eigenvalue weighted by molar-refractivity contribution is 5.00. The SMILES string of the molecule is N#CC1CCCC2C1CCC1CCCCC12. The van der Waals surface area contributed by atoms with E-state index in [0.29, 0.717) is 5.92 Å². The van der Waals surface area contributed by atoms with Crippen molar-refractivity contribution in [1.29, 1.82) is 5.26 Å². The van der Waals surface area contributed by atoms with Gasteiger partial charge in [-0.3, -0.25) is 0 Å². The van der Waals surface area contributed by atoms with Gasteiger partial charge in [0.1, 0.15) is 0 Å². The van der Waals surface area contributed by atoms with Crippen molar-refractivity contribution >= 4 is 0 Å². The summed E-state index contributed by atoms with van der Waals surface area (Å²) in [7, 11) is 0. The van der Waals surface area contributed by atoms with Crippen LogP contribution in [0.5, 0.6) is 0 Å². The Morgan fingerprint density at radius 3 is 2.38 bits per heavy atom. The van der Waals surface area contributed by atoms with Crippen LogP contribution >= 0.6 is 0 Å². The van der Waals surface area contributed by atoms with Crippen LogP contribution in [0.3, 0.4) is 0 Å². The van der Waals surface area contributed by atoms with E-state index in [2.05, 4.69) is 6.07 Å². The fourth-order valence-electron chi connectivity index (χ4n) is 4.97. The van der Waals surface area contributed by atoms with Crippen LogP contribution in [-0.4, -0.2) is 0 Å². The lowest BCUT2D eigenvalue weighted by molar-refractivity contribution is 0.0104. The van der Waals surface area contributed by atoms with E-state index in [1.54, 1.807) is 0 Å². The second-order valence-electron chi connectivity index (χ2n) is 6.28. The topological polar surface area (TPSA) is 23.8 Å². The number of fused-ring (bicyclic) bond motifs is 3. The lowest BCUT2D eigenvalue weighted by atomic mass is 9.55. The summed E-state index contributed by atoms with van der Waals surface area (Å²) >= 11 is 0. The highest BCUT2D eigenvalue weighted by Gasteiger charge is 2.44. The van der Waals surface area contributed by atoms with Crippen LogP contribution in [0.2, 0.25) is 0 Å². The number of nitrogens with zero attached hydrogens (tertiary/aromatic N) is 1. The summed E-state index contributed by atoms with van der Waals surface area (Å²) in [4.78, 5) is 0. The Labute approximate surface area is 99.2 Å². The highest BCUT2D eigenvalue weighted by atomic mass is 14.5. The summed E-state index contributed by atoms with van der Waals surface area (Å²) in [5.41, 5.74) is 0. The van der Waals surface area contributed by atoms with Crippen molar-refractivity contribution in [3.63, 3.8) is 0 Å². The number of hydrogen-bond acceptors (Lipinski definition) is 1. The van der Waals surface area contributed by atoms with Crippen molar-refractivity contribution in [2.75, 3.05) is 0 Å². The summed E-state index contributed by atoms with van der Waals surface area (Å²) < 4.78 is 0. The molecule has 0 N–H and O–H groups in total. The minimum Gasteiger partial charge on any atom is -0.198 e. The average molecular weight is 217 g/mol. The molecule has 0 bridgehead atoms. The first-order valence-corrected chi connectivity index (χ1v) is 7.30. The minimum atomic E-state index is 0.404. The molecule has 0 amide bonds. The van der Waals surface area contributed by atoms with Gasteiger partial charge in [0.15, 0.2) is 0 Å². The van der Waals surface area contributed by atoms with Crippen LogP contribution in [0.15, 0.2) is 0 Å². The molecule has 0 spiro atoms. The molecule has 3 saturated carbocycles. The van der Waals surface area contributed by atoms with Crippen LogP contribution in [0, 0.1) is 40.9 Å². The largest absolute Gasteiger partial charge is 0.198 e. The zero-order chi connectivity index (χ0) is 11.0. The van der Waals surface area contributed by atoms with Crippen molar-refractivity contribution in [3.8, 4) is 6.07 Å². The summed E-state index contributed by atoms with van der Waals surface area (Å²) in [5, 5.41) is 9.28. The van der Waals surface area contributed by atoms with Gasteiger partial charge in [0.05, 0.1) is 6.07 Å². The molecule has 5 unspecified atom stereocenters. The maximum absolute atomic E-state index is 9.28. The third-order valence-corrected chi connectivity index (χ3v) is 5.67. The summed E-state index contributed by atoms with van der Waals surface area (Å²) in [5.74, 6) is 4.15. The van der Waals surface area contributed by atoms with Crippen LogP contribution in [-0.2, 0) is 0 Å². The first-order valence-electron chi connectivity index (χ1n) is 7.30. The van der Waals surface area contributed by atoms with Crippen molar-refractivity contribution in [1.82, 2.24) is 0 Å². The lowest BCUT2D eigenvalue weighted by Gasteiger charge is -2.49. The van der Waals surface area contributed by atoms with Crippen molar-refractivity contribution in [2.24, 2.45) is 29.6 Å². The molecule has 0 heterocycles. The maximum Gasteiger partial charge on any atom is 0.0658 e. The van der Waals surface area contributed by atoms with Gasteiger partial charge in [0.2, 0.25) is 0 Å². The average Bonchev–Trinajstić information content (AvgIpc) is 2.37. The molecule has 0 aliphatic heterocycles. The molecule has 5 atom stereocenters. The predicted octanol–water partition coefficient (Wildman–Crippen LogP) is 4.14. The fraction of sp³-hybridized carbons (Fsp3) is 0.933. The summed E-state index contributed by atoms with van der Waals surface area (Å²) in [6.07, 6.45) is 12.6. The number of rotatable bonds is 0. The van der Waals surface area contributed by atoms with Crippen LogP contribution in [0.1, 0.15) is 57.8 Å². The Morgan fingerprint density at radius 1 is 0.688 bits per heavy atom. The Kier molecular flexibility index (Phi) is 2.92. The van der Waals surface area contributed by atoms with Gasteiger partial charge in [-0.15, -0.1) is 0 Å². The Bertz CT molecular complexity index is 290. The second-order valence-corrected chi connectivity index (χ2v) is 6.28. The van der Waals surface area contributed by atoms with Crippen molar-refractivity contribution in [2.45, 2.75) is 57.8 Å². The lowest BCUT2D eigenvalue weighted by Crippen LogP contribution is -2.41. The maximum atomic E-state index is 9.28. The van der Waals surface area contributed by atoms with Gasteiger partial charge in [0, 0.05) is 5.92 Å². The first-order chi connectivity index (χ1) is 7.90. The van der Waals surface area contributed by atoms with E-state index in [1.807, 2.05) is 0 Å². The van der Waals surface area contributed by atoms with Crippen LogP contribution in [0.25, 0.3) is 0 Å². The Morgan fingerprint density at radius 2 is 1.50 bits per heavy atom. The zero-order valence-corrected chi connectivity index (χ0v) is 10.2. The smallest absolute Gasteiger partial charge is 0.0658 e. The van der Waals surface area contributed by atoms with E-state index >= 15 is 0 Å². The standard InChI is InChI=1S/C15H23N/c16-10-12-5-3-7-15-13-6-2-1-4-11(13)8-9-14(12)15/h11-15H,1-9H2. The summed E-state index contributed by atoms with van der Waals surface area (Å²) in [6, 6.07) is 2.60. The molecule has 0 radical (unpaired) electrons. The molecule has 0 aromatic rings. The second kappa shape index (κ2) is 4.40. The molecular formula is C15H23N. The van der Waals surface area contributed by atoms with Crippen LogP contribution < -0.4 is 0 Å². The molecule has 0 saturated heterocycles. The molecule has 16 heavy (non-hydrogen) atoms. The number of hydrogen-bond donors (Lipinski definition) is 0. The molecule has 3 fully saturated rings. The Hall–Kier alpha value is -0.510. The summed E-state index contributed by atoms with van der Waals surface area (Å²) in [6.45, 7) is 0. The van der Waals surface area contributed by atoms with Gasteiger partial charge in [-0.2, -0.15) is 5.26 Å². The van der Waals surface area contributed by atoms with Crippen molar-refractivity contribution in [3.05, 3.63) is 0 Å². The molecule has 0 aromatic heterocycles. The Balaban J connectivity index is 1.78. The van der Waals surface area contributed by atoms with Gasteiger partial charge in [-0.1, -0.05) is 25.7 Å². The van der Waals surface area contributed by atoms with Gasteiger partial charge in [0.25, 0.3) is 0 Å². The molecule has 0 aromatic carbocycles. The normalized spacial score (nSPS) is 47.6. The third kappa shape index (κ3) is 1.67.